The minimum absolute atomic E-state index is 0.0731. The van der Waals surface area contributed by atoms with Gasteiger partial charge in [0.1, 0.15) is 0 Å². The molecule has 0 aromatic rings. The van der Waals surface area contributed by atoms with Crippen LogP contribution in [0.3, 0.4) is 0 Å². The molecule has 0 atom stereocenters. The average Bonchev–Trinajstić information content (AvgIpc) is 0.946. The number of phosphoric acid groups is 2. The second kappa shape index (κ2) is 84.1. The van der Waals surface area contributed by atoms with E-state index in [9.17, 15) is 9.13 Å². The van der Waals surface area contributed by atoms with Crippen molar-refractivity contribution in [2.75, 3.05) is 398 Å². The summed E-state index contributed by atoms with van der Waals surface area (Å²) in [5.41, 5.74) is 0. The Morgan fingerprint density at radius 2 is 0.216 bits per heavy atom. The largest absolute Gasteiger partial charge is 0.483 e. The molecule has 0 heterocycles. The minimum atomic E-state index is -4.73. The summed E-state index contributed by atoms with van der Waals surface area (Å²) in [6.07, 6.45) is 0. The number of hydrogen-bond acceptors (Lipinski definition) is 35. The highest BCUT2D eigenvalue weighted by molar-refractivity contribution is 7.62. The summed E-state index contributed by atoms with van der Waals surface area (Å²) < 4.78 is 209. The maximum absolute atomic E-state index is 14.3. The van der Waals surface area contributed by atoms with E-state index in [2.05, 4.69) is 0 Å². The first kappa shape index (κ1) is 96.1. The first-order valence-corrected chi connectivity index (χ1v) is 36.2. The molecule has 0 bridgehead atoms. The zero-order chi connectivity index (χ0) is 69.9. The number of phosphoric ester groups is 2. The van der Waals surface area contributed by atoms with E-state index >= 15 is 0 Å². The quantitative estimate of drug-likeness (QED) is 0.0622. The maximum Gasteiger partial charge on any atom is 0.483 e. The van der Waals surface area contributed by atoms with E-state index < -0.39 is 15.6 Å². The van der Waals surface area contributed by atoms with Crippen LogP contribution in [0.5, 0.6) is 0 Å². The van der Waals surface area contributed by atoms with Crippen LogP contribution in [0.4, 0.5) is 0 Å². The third kappa shape index (κ3) is 80.7. The normalized spacial score (nSPS) is 12.2. The zero-order valence-electron chi connectivity index (χ0n) is 58.8. The second-order valence-electron chi connectivity index (χ2n) is 19.0. The first-order chi connectivity index (χ1) is 47.9. The van der Waals surface area contributed by atoms with Gasteiger partial charge in [0.2, 0.25) is 0 Å². The van der Waals surface area contributed by atoms with Gasteiger partial charge in [-0.25, -0.2) is 9.13 Å². The van der Waals surface area contributed by atoms with Crippen molar-refractivity contribution in [3.8, 4) is 0 Å². The monoisotopic (exact) mass is 1470 g/mol. The lowest BCUT2D eigenvalue weighted by Crippen LogP contribution is -2.16. The van der Waals surface area contributed by atoms with E-state index in [4.69, 9.17) is 155 Å². The van der Waals surface area contributed by atoms with Gasteiger partial charge in [0.05, 0.1) is 370 Å². The fourth-order valence-electron chi connectivity index (χ4n) is 6.50. The Labute approximate surface area is 576 Å². The summed E-state index contributed by atoms with van der Waals surface area (Å²) in [6, 6.07) is 0. The molecule has 0 radical (unpaired) electrons. The molecule has 0 aliphatic carbocycles. The molecule has 0 N–H and O–H groups in total. The van der Waals surface area contributed by atoms with Crippen molar-refractivity contribution in [3.05, 3.63) is 0 Å². The topological polar surface area (TPSA) is 339 Å². The molecule has 584 valence electrons. The van der Waals surface area contributed by atoms with Gasteiger partial charge in [0.25, 0.3) is 0 Å². The number of rotatable bonds is 90. The van der Waals surface area contributed by atoms with Gasteiger partial charge in [-0.05, 0) is 0 Å². The fourth-order valence-corrected chi connectivity index (χ4v) is 9.57. The highest BCUT2D eigenvalue weighted by Crippen LogP contribution is 2.66. The molecule has 0 rings (SSSR count). The van der Waals surface area contributed by atoms with E-state index in [1.54, 1.807) is 28.4 Å². The SMILES string of the molecule is COCCOCCOCCOCCOCCOCCOCCOP(=O)(OCCOCCOCCOCCOCCOCCOCCOC)OP(=O)(OCCOCCOCCOCCOCCOCCOCCOC)OCCOCCOCCOCCOCCOCCOCCOC. The van der Waals surface area contributed by atoms with Crippen LogP contribution in [0.15, 0.2) is 0 Å². The molecular weight excluding hydrogens is 1340 g/mol. The van der Waals surface area contributed by atoms with E-state index in [0.29, 0.717) is 264 Å². The molecule has 0 saturated carbocycles. The molecule has 0 aliphatic heterocycles. The van der Waals surface area contributed by atoms with Crippen molar-refractivity contribution in [2.24, 2.45) is 0 Å². The minimum Gasteiger partial charge on any atom is -0.382 e. The molecule has 0 fully saturated rings. The van der Waals surface area contributed by atoms with Gasteiger partial charge in [-0.3, -0.25) is 18.1 Å². The molecule has 37 heteroatoms. The molecule has 0 saturated heterocycles. The molecule has 0 spiro atoms. The lowest BCUT2D eigenvalue weighted by Gasteiger charge is -2.23. The molecule has 0 aromatic heterocycles. The van der Waals surface area contributed by atoms with Gasteiger partial charge in [-0.2, -0.15) is 4.31 Å². The van der Waals surface area contributed by atoms with Gasteiger partial charge in [-0.15, -0.1) is 0 Å². The van der Waals surface area contributed by atoms with Crippen LogP contribution in [-0.4, -0.2) is 398 Å². The Hall–Kier alpha value is -0.860. The summed E-state index contributed by atoms with van der Waals surface area (Å²) in [4.78, 5) is 0. The van der Waals surface area contributed by atoms with Crippen molar-refractivity contribution in [1.82, 2.24) is 0 Å². The predicted octanol–water partition coefficient (Wildman–Crippen LogP) is 2.27. The van der Waals surface area contributed by atoms with E-state index in [1.807, 2.05) is 0 Å². The van der Waals surface area contributed by atoms with Crippen LogP contribution in [0.25, 0.3) is 0 Å². The van der Waals surface area contributed by atoms with Crippen LogP contribution >= 0.6 is 15.6 Å². The predicted molar refractivity (Wildman–Crippen MR) is 347 cm³/mol. The van der Waals surface area contributed by atoms with E-state index in [-0.39, 0.29) is 106 Å². The molecule has 0 unspecified atom stereocenters. The van der Waals surface area contributed by atoms with Crippen LogP contribution < -0.4 is 0 Å². The Morgan fingerprint density at radius 3 is 0.309 bits per heavy atom. The van der Waals surface area contributed by atoms with Crippen molar-refractivity contribution >= 4 is 15.6 Å². The lowest BCUT2D eigenvalue weighted by molar-refractivity contribution is -0.0224. The van der Waals surface area contributed by atoms with Gasteiger partial charge in [0, 0.05) is 28.4 Å². The van der Waals surface area contributed by atoms with Crippen molar-refractivity contribution in [2.45, 2.75) is 0 Å². The molecular formula is C60H124O35P2. The van der Waals surface area contributed by atoms with Crippen LogP contribution in [0, 0.1) is 0 Å². The van der Waals surface area contributed by atoms with Gasteiger partial charge in [0.15, 0.2) is 0 Å². The van der Waals surface area contributed by atoms with Crippen LogP contribution in [-0.2, 0) is 164 Å². The van der Waals surface area contributed by atoms with E-state index in [0.717, 1.165) is 0 Å². The van der Waals surface area contributed by atoms with Crippen LogP contribution in [0.2, 0.25) is 0 Å². The third-order valence-electron chi connectivity index (χ3n) is 11.3. The van der Waals surface area contributed by atoms with E-state index in [1.165, 1.54) is 0 Å². The number of hydrogen-bond donors (Lipinski definition) is 0. The lowest BCUT2D eigenvalue weighted by atomic mass is 10.6. The van der Waals surface area contributed by atoms with Crippen molar-refractivity contribution in [3.63, 3.8) is 0 Å². The fraction of sp³-hybridized carbons (Fsp3) is 1.00. The Bertz CT molecular complexity index is 1360. The highest BCUT2D eigenvalue weighted by Gasteiger charge is 2.41. The Kier molecular flexibility index (Phi) is 83.3. The summed E-state index contributed by atoms with van der Waals surface area (Å²) in [6.45, 7) is 17.6. The summed E-state index contributed by atoms with van der Waals surface area (Å²) in [5.74, 6) is 0. The summed E-state index contributed by atoms with van der Waals surface area (Å²) >= 11 is 0. The summed E-state index contributed by atoms with van der Waals surface area (Å²) in [5, 5.41) is 0. The molecule has 97 heavy (non-hydrogen) atoms. The molecule has 0 aromatic carbocycles. The molecule has 35 nitrogen and oxygen atoms in total. The molecule has 0 amide bonds. The smallest absolute Gasteiger partial charge is 0.382 e. The van der Waals surface area contributed by atoms with Crippen LogP contribution in [0.1, 0.15) is 0 Å². The average molecular weight is 1470 g/mol. The number of methoxy groups -OCH3 is 4. The Balaban J connectivity index is 5.14. The highest BCUT2D eigenvalue weighted by atomic mass is 31.3. The maximum atomic E-state index is 14.3. The standard InChI is InChI=1S/C60H124O35P2/c1-63-5-9-67-13-17-71-21-25-75-29-33-79-37-41-83-45-49-87-53-57-91-96(61,92-58-54-88-50-46-84-42-38-80-34-30-76-26-22-72-18-14-68-10-6-64-2)95-97(62,93-59-55-89-51-47-85-43-39-81-35-31-77-27-23-73-19-15-69-11-7-65-3)94-60-56-90-52-48-86-44-40-82-36-32-78-28-24-74-20-16-70-12-8-66-4/h5-60H2,1-4H3. The van der Waals surface area contributed by atoms with Crippen molar-refractivity contribution in [1.29, 1.82) is 0 Å². The summed E-state index contributed by atoms with van der Waals surface area (Å²) in [7, 11) is -2.98. The third-order valence-corrected chi connectivity index (χ3v) is 14.9. The molecule has 0 aliphatic rings. The number of ether oxygens (including phenoxy) is 28. The first-order valence-electron chi connectivity index (χ1n) is 33.3. The zero-order valence-corrected chi connectivity index (χ0v) is 60.6. The van der Waals surface area contributed by atoms with Gasteiger partial charge in [-0.1, -0.05) is 0 Å². The van der Waals surface area contributed by atoms with Gasteiger partial charge >= 0.3 is 15.6 Å². The van der Waals surface area contributed by atoms with Gasteiger partial charge < -0.3 is 133 Å². The second-order valence-corrected chi connectivity index (χ2v) is 22.5. The van der Waals surface area contributed by atoms with Crippen molar-refractivity contribution < 1.29 is 164 Å². The Morgan fingerprint density at radius 1 is 0.134 bits per heavy atom.